The van der Waals surface area contributed by atoms with E-state index in [-0.39, 0.29) is 28.0 Å². The lowest BCUT2D eigenvalue weighted by Crippen LogP contribution is -2.71. The molecular formula is C20H17N7O7S3. The van der Waals surface area contributed by atoms with E-state index >= 15 is 0 Å². The van der Waals surface area contributed by atoms with E-state index in [2.05, 4.69) is 30.3 Å². The fraction of sp³-hybridized carbons (Fsp3) is 0.200. The second-order valence-corrected chi connectivity index (χ2v) is 10.0. The average Bonchev–Trinajstić information content (AvgIpc) is 3.30. The minimum Gasteiger partial charge on any atom is -0.479 e. The summed E-state index contributed by atoms with van der Waals surface area (Å²) in [6.45, 7) is -0.803. The molecule has 0 aliphatic carbocycles. The van der Waals surface area contributed by atoms with Gasteiger partial charge >= 0.3 is 11.9 Å². The van der Waals surface area contributed by atoms with Gasteiger partial charge < -0.3 is 26.1 Å². The topological polar surface area (TPSA) is 210 Å². The molecule has 2 amide bonds. The maximum Gasteiger partial charge on any atom is 0.352 e. The first-order valence-corrected chi connectivity index (χ1v) is 13.0. The standard InChI is InChI=1S/C20H17N7O7S3/c21-19-24-10(8-37-19)12(26-34-6-11(28)29)15(30)25-13-16(31)27-14(18(32)33)9(7-36-17(13)27)2-5-35-20-22-3-1-4-23-20/h1-5,8,13,17H,6-7H2,(H2,21,24)(H,25,30)(H,28,29)(H,32,33). The Morgan fingerprint density at radius 2 is 2.08 bits per heavy atom. The van der Waals surface area contributed by atoms with Crippen molar-refractivity contribution in [3.8, 4) is 0 Å². The number of nitrogen functional groups attached to an aromatic ring is 1. The predicted molar refractivity (Wildman–Crippen MR) is 133 cm³/mol. The SMILES string of the molecule is Nc1nc(C(=NOCC(=O)O)C(=O)NC2C(=O)N3C(C(=O)O)=C(C=CSc4ncccn4)CSC23)cs1. The number of anilines is 1. The van der Waals surface area contributed by atoms with Gasteiger partial charge in [0.05, 0.1) is 0 Å². The number of β-lactam (4-membered cyclic amide) rings is 1. The fourth-order valence-electron chi connectivity index (χ4n) is 3.26. The Kier molecular flexibility index (Phi) is 8.04. The number of carboxylic acids is 2. The molecule has 4 rings (SSSR count). The molecule has 0 bridgehead atoms. The summed E-state index contributed by atoms with van der Waals surface area (Å²) in [6.07, 6.45) is 4.75. The fourth-order valence-corrected chi connectivity index (χ4v) is 5.72. The Hall–Kier alpha value is -3.96. The first-order chi connectivity index (χ1) is 17.8. The summed E-state index contributed by atoms with van der Waals surface area (Å²) in [5.41, 5.74) is 5.50. The minimum atomic E-state index is -1.31. The van der Waals surface area contributed by atoms with E-state index in [1.807, 2.05) is 0 Å². The molecule has 2 aromatic heterocycles. The molecule has 14 nitrogen and oxygen atoms in total. The molecule has 0 radical (unpaired) electrons. The molecule has 0 aromatic carbocycles. The number of aromatic nitrogens is 3. The van der Waals surface area contributed by atoms with Gasteiger partial charge in [0.2, 0.25) is 6.61 Å². The molecule has 4 heterocycles. The van der Waals surface area contributed by atoms with E-state index in [0.29, 0.717) is 10.7 Å². The van der Waals surface area contributed by atoms with E-state index in [9.17, 15) is 24.3 Å². The van der Waals surface area contributed by atoms with Gasteiger partial charge in [0.1, 0.15) is 22.8 Å². The highest BCUT2D eigenvalue weighted by molar-refractivity contribution is 8.02. The number of thiazole rings is 1. The van der Waals surface area contributed by atoms with Gasteiger partial charge in [-0.25, -0.2) is 24.5 Å². The first kappa shape index (κ1) is 26.1. The smallest absolute Gasteiger partial charge is 0.352 e. The van der Waals surface area contributed by atoms with Gasteiger partial charge in [-0.3, -0.25) is 14.5 Å². The van der Waals surface area contributed by atoms with Crippen LogP contribution in [0.1, 0.15) is 5.69 Å². The summed E-state index contributed by atoms with van der Waals surface area (Å²) in [5.74, 6) is -3.82. The summed E-state index contributed by atoms with van der Waals surface area (Å²) in [4.78, 5) is 66.5. The van der Waals surface area contributed by atoms with Crippen LogP contribution in [0, 0.1) is 0 Å². The Balaban J connectivity index is 1.49. The lowest BCUT2D eigenvalue weighted by atomic mass is 10.0. The third-order valence-electron chi connectivity index (χ3n) is 4.80. The number of hydrogen-bond acceptors (Lipinski definition) is 13. The molecule has 17 heteroatoms. The molecule has 2 aromatic rings. The van der Waals surface area contributed by atoms with Crippen molar-refractivity contribution in [2.75, 3.05) is 18.1 Å². The van der Waals surface area contributed by atoms with Crippen LogP contribution in [0.5, 0.6) is 0 Å². The third kappa shape index (κ3) is 5.89. The highest BCUT2D eigenvalue weighted by atomic mass is 32.2. The second-order valence-electron chi connectivity index (χ2n) is 7.17. The average molecular weight is 564 g/mol. The first-order valence-electron chi connectivity index (χ1n) is 10.2. The van der Waals surface area contributed by atoms with Crippen LogP contribution in [0.3, 0.4) is 0 Å². The molecule has 5 N–H and O–H groups in total. The van der Waals surface area contributed by atoms with Crippen LogP contribution in [0.15, 0.2) is 56.9 Å². The highest BCUT2D eigenvalue weighted by Crippen LogP contribution is 2.41. The number of carboxylic acid groups (broad SMARTS) is 2. The van der Waals surface area contributed by atoms with E-state index in [0.717, 1.165) is 16.2 Å². The summed E-state index contributed by atoms with van der Waals surface area (Å²) in [5, 5.41) is 27.6. The van der Waals surface area contributed by atoms with Crippen molar-refractivity contribution in [1.29, 1.82) is 0 Å². The molecule has 37 heavy (non-hydrogen) atoms. The summed E-state index contributed by atoms with van der Waals surface area (Å²) < 4.78 is 0. The van der Waals surface area contributed by atoms with Crippen molar-refractivity contribution in [3.05, 3.63) is 52.3 Å². The largest absolute Gasteiger partial charge is 0.479 e. The Bertz CT molecular complexity index is 1330. The van der Waals surface area contributed by atoms with Gasteiger partial charge in [-0.05, 0) is 23.1 Å². The number of aliphatic carboxylic acids is 2. The van der Waals surface area contributed by atoms with Crippen molar-refractivity contribution in [2.45, 2.75) is 16.6 Å². The number of fused-ring (bicyclic) bond motifs is 1. The van der Waals surface area contributed by atoms with Crippen LogP contribution < -0.4 is 11.1 Å². The van der Waals surface area contributed by atoms with Crippen LogP contribution in [-0.4, -0.2) is 83.3 Å². The third-order valence-corrected chi connectivity index (χ3v) is 7.47. The zero-order valence-corrected chi connectivity index (χ0v) is 21.0. The molecule has 2 aliphatic rings. The number of amides is 2. The zero-order chi connectivity index (χ0) is 26.5. The zero-order valence-electron chi connectivity index (χ0n) is 18.5. The molecule has 192 valence electrons. The number of nitrogens with zero attached hydrogens (tertiary/aromatic N) is 5. The Labute approximate surface area is 220 Å². The molecule has 2 unspecified atom stereocenters. The van der Waals surface area contributed by atoms with Gasteiger partial charge in [-0.15, -0.1) is 23.1 Å². The maximum atomic E-state index is 12.9. The van der Waals surface area contributed by atoms with Crippen LogP contribution in [-0.2, 0) is 24.0 Å². The van der Waals surface area contributed by atoms with Crippen molar-refractivity contribution in [3.63, 3.8) is 0 Å². The quantitative estimate of drug-likeness (QED) is 0.101. The van der Waals surface area contributed by atoms with E-state index in [1.165, 1.54) is 28.9 Å². The van der Waals surface area contributed by atoms with Crippen molar-refractivity contribution >= 4 is 69.5 Å². The molecular weight excluding hydrogens is 546 g/mol. The number of hydrogen-bond donors (Lipinski definition) is 4. The lowest BCUT2D eigenvalue weighted by molar-refractivity contribution is -0.150. The normalized spacial score (nSPS) is 19.4. The van der Waals surface area contributed by atoms with E-state index < -0.39 is 41.8 Å². The van der Waals surface area contributed by atoms with Crippen molar-refractivity contribution in [2.24, 2.45) is 5.16 Å². The van der Waals surface area contributed by atoms with Crippen LogP contribution in [0.25, 0.3) is 0 Å². The molecule has 0 spiro atoms. The second kappa shape index (κ2) is 11.4. The number of carbonyl (C=O) groups excluding carboxylic acids is 2. The number of thioether (sulfide) groups is 2. The molecule has 2 aliphatic heterocycles. The van der Waals surface area contributed by atoms with Crippen LogP contribution in [0.4, 0.5) is 5.13 Å². The number of nitrogens with one attached hydrogen (secondary N) is 1. The van der Waals surface area contributed by atoms with Crippen LogP contribution >= 0.6 is 34.9 Å². The highest BCUT2D eigenvalue weighted by Gasteiger charge is 2.54. The summed E-state index contributed by atoms with van der Waals surface area (Å²) in [7, 11) is 0. The predicted octanol–water partition coefficient (Wildman–Crippen LogP) is 0.365. The Morgan fingerprint density at radius 3 is 2.73 bits per heavy atom. The van der Waals surface area contributed by atoms with Gasteiger partial charge in [0.25, 0.3) is 11.8 Å². The van der Waals surface area contributed by atoms with Crippen molar-refractivity contribution in [1.82, 2.24) is 25.2 Å². The number of allylic oxidation sites excluding steroid dienone is 1. The summed E-state index contributed by atoms with van der Waals surface area (Å²) >= 11 is 3.49. The summed E-state index contributed by atoms with van der Waals surface area (Å²) in [6, 6.07) is 0.621. The van der Waals surface area contributed by atoms with E-state index in [1.54, 1.807) is 29.9 Å². The van der Waals surface area contributed by atoms with Gasteiger partial charge in [-0.1, -0.05) is 16.9 Å². The van der Waals surface area contributed by atoms with Gasteiger partial charge in [0.15, 0.2) is 16.0 Å². The molecule has 1 fully saturated rings. The number of rotatable bonds is 10. The number of carbonyl (C=O) groups is 4. The number of nitrogens with two attached hydrogens (primary N) is 1. The van der Waals surface area contributed by atoms with E-state index in [4.69, 9.17) is 10.8 Å². The lowest BCUT2D eigenvalue weighted by Gasteiger charge is -2.49. The van der Waals surface area contributed by atoms with Crippen molar-refractivity contribution < 1.29 is 34.2 Å². The van der Waals surface area contributed by atoms with Gasteiger partial charge in [-0.2, -0.15) is 0 Å². The Morgan fingerprint density at radius 1 is 1.32 bits per heavy atom. The molecule has 0 saturated carbocycles. The van der Waals surface area contributed by atoms with Gasteiger partial charge in [0, 0.05) is 23.5 Å². The minimum absolute atomic E-state index is 0.0313. The number of oxime groups is 1. The monoisotopic (exact) mass is 563 g/mol. The van der Waals surface area contributed by atoms with Crippen LogP contribution in [0.2, 0.25) is 0 Å². The molecule has 1 saturated heterocycles. The maximum absolute atomic E-state index is 12.9. The molecule has 2 atom stereocenters.